The van der Waals surface area contributed by atoms with E-state index in [-0.39, 0.29) is 33.5 Å². The number of phenolic OH excluding ortho intramolecular Hbond substituents is 1. The summed E-state index contributed by atoms with van der Waals surface area (Å²) in [6, 6.07) is 4.18. The predicted molar refractivity (Wildman–Crippen MR) is 62.1 cm³/mol. The second-order valence-corrected chi connectivity index (χ2v) is 3.77. The molecule has 0 saturated heterocycles. The first-order valence-corrected chi connectivity index (χ1v) is 5.18. The number of methoxy groups -OCH3 is 1. The third-order valence-corrected chi connectivity index (χ3v) is 2.58. The number of nitrogens with zero attached hydrogens (tertiary/aromatic N) is 1. The molecule has 0 saturated carbocycles. The fourth-order valence-corrected chi connectivity index (χ4v) is 1.67. The van der Waals surface area contributed by atoms with Gasteiger partial charge in [-0.15, -0.1) is 0 Å². The molecule has 0 aliphatic heterocycles. The number of hydrogen-bond acceptors (Lipinski definition) is 5. The summed E-state index contributed by atoms with van der Waals surface area (Å²) in [4.78, 5) is 10.7. The van der Waals surface area contributed by atoms with Crippen molar-refractivity contribution in [2.24, 2.45) is 0 Å². The van der Waals surface area contributed by atoms with Crippen molar-refractivity contribution < 1.29 is 24.3 Å². The third kappa shape index (κ3) is 1.98. The molecule has 0 aliphatic rings. The van der Waals surface area contributed by atoms with Gasteiger partial charge in [-0.25, -0.2) is 4.79 Å². The normalized spacial score (nSPS) is 10.3. The van der Waals surface area contributed by atoms with Gasteiger partial charge in [0, 0.05) is 6.07 Å². The van der Waals surface area contributed by atoms with Gasteiger partial charge in [-0.1, -0.05) is 16.8 Å². The molecule has 1 aromatic carbocycles. The first kappa shape index (κ1) is 12.3. The van der Waals surface area contributed by atoms with Crippen molar-refractivity contribution in [2.75, 3.05) is 7.11 Å². The average Bonchev–Trinajstić information content (AvgIpc) is 2.79. The number of aromatic hydroxyl groups is 1. The zero-order valence-corrected chi connectivity index (χ0v) is 9.93. The molecule has 94 valence electrons. The summed E-state index contributed by atoms with van der Waals surface area (Å²) in [5.41, 5.74) is -0.00503. The molecule has 2 rings (SSSR count). The van der Waals surface area contributed by atoms with E-state index >= 15 is 0 Å². The Morgan fingerprint density at radius 2 is 2.22 bits per heavy atom. The van der Waals surface area contributed by atoms with Crippen molar-refractivity contribution in [3.63, 3.8) is 0 Å². The van der Waals surface area contributed by atoms with Gasteiger partial charge in [0.2, 0.25) is 0 Å². The van der Waals surface area contributed by atoms with E-state index in [9.17, 15) is 9.90 Å². The molecule has 6 nitrogen and oxygen atoms in total. The molecule has 0 aliphatic carbocycles. The summed E-state index contributed by atoms with van der Waals surface area (Å²) < 4.78 is 9.77. The number of carboxylic acid groups (broad SMARTS) is 1. The zero-order chi connectivity index (χ0) is 13.3. The summed E-state index contributed by atoms with van der Waals surface area (Å²) in [7, 11) is 1.35. The van der Waals surface area contributed by atoms with Gasteiger partial charge in [0.15, 0.2) is 23.0 Å². The van der Waals surface area contributed by atoms with Gasteiger partial charge in [0.25, 0.3) is 0 Å². The smallest absolute Gasteiger partial charge is 0.358 e. The van der Waals surface area contributed by atoms with Gasteiger partial charge in [-0.3, -0.25) is 0 Å². The number of aromatic carboxylic acids is 1. The lowest BCUT2D eigenvalue weighted by molar-refractivity contribution is 0.0686. The second-order valence-electron chi connectivity index (χ2n) is 3.36. The summed E-state index contributed by atoms with van der Waals surface area (Å²) in [6.45, 7) is 0. The second kappa shape index (κ2) is 4.58. The largest absolute Gasteiger partial charge is 0.504 e. The van der Waals surface area contributed by atoms with Crippen molar-refractivity contribution in [2.45, 2.75) is 0 Å². The van der Waals surface area contributed by atoms with Gasteiger partial charge in [0.05, 0.1) is 17.7 Å². The van der Waals surface area contributed by atoms with Gasteiger partial charge >= 0.3 is 5.97 Å². The number of carboxylic acids is 1. The number of hydrogen-bond donors (Lipinski definition) is 2. The van der Waals surface area contributed by atoms with Crippen LogP contribution in [-0.4, -0.2) is 28.4 Å². The number of phenols is 1. The van der Waals surface area contributed by atoms with Gasteiger partial charge in [-0.05, 0) is 12.1 Å². The minimum atomic E-state index is -1.22. The van der Waals surface area contributed by atoms with Crippen LogP contribution in [0.15, 0.2) is 22.7 Å². The van der Waals surface area contributed by atoms with E-state index in [2.05, 4.69) is 5.16 Å². The molecule has 2 aromatic rings. The quantitative estimate of drug-likeness (QED) is 0.889. The minimum Gasteiger partial charge on any atom is -0.504 e. The molecule has 0 unspecified atom stereocenters. The van der Waals surface area contributed by atoms with E-state index in [0.29, 0.717) is 0 Å². The summed E-state index contributed by atoms with van der Waals surface area (Å²) in [6.07, 6.45) is 0. The third-order valence-electron chi connectivity index (χ3n) is 2.28. The van der Waals surface area contributed by atoms with E-state index in [4.69, 9.17) is 26.0 Å². The number of carbonyl (C=O) groups is 1. The molecule has 1 heterocycles. The highest BCUT2D eigenvalue weighted by atomic mass is 35.5. The van der Waals surface area contributed by atoms with Crippen molar-refractivity contribution in [3.05, 3.63) is 28.9 Å². The number of ether oxygens (including phenoxy) is 1. The maximum Gasteiger partial charge on any atom is 0.358 e. The maximum absolute atomic E-state index is 10.7. The lowest BCUT2D eigenvalue weighted by Gasteiger charge is -2.08. The number of benzene rings is 1. The highest BCUT2D eigenvalue weighted by Crippen LogP contribution is 2.41. The topological polar surface area (TPSA) is 92.8 Å². The lowest BCUT2D eigenvalue weighted by Crippen LogP contribution is -1.94. The van der Waals surface area contributed by atoms with E-state index in [1.165, 1.54) is 25.3 Å². The Morgan fingerprint density at radius 3 is 2.78 bits per heavy atom. The standard InChI is InChI=1S/C11H8ClNO5/c1-17-10-6(12)3-2-5(9(10)14)8-4-7(11(15)16)13-18-8/h2-4,14H,1H3,(H,15,16). The van der Waals surface area contributed by atoms with Gasteiger partial charge in [-0.2, -0.15) is 0 Å². The van der Waals surface area contributed by atoms with E-state index < -0.39 is 5.97 Å². The van der Waals surface area contributed by atoms with Crippen LogP contribution < -0.4 is 4.74 Å². The van der Waals surface area contributed by atoms with Crippen LogP contribution in [0.2, 0.25) is 5.02 Å². The lowest BCUT2D eigenvalue weighted by atomic mass is 10.1. The van der Waals surface area contributed by atoms with Crippen LogP contribution in [0, 0.1) is 0 Å². The van der Waals surface area contributed by atoms with Crippen molar-refractivity contribution in [3.8, 4) is 22.8 Å². The molecule has 18 heavy (non-hydrogen) atoms. The predicted octanol–water partition coefficient (Wildman–Crippen LogP) is 2.41. The van der Waals surface area contributed by atoms with Gasteiger partial charge in [0.1, 0.15) is 0 Å². The van der Waals surface area contributed by atoms with Crippen LogP contribution in [0.5, 0.6) is 11.5 Å². The Hall–Kier alpha value is -2.21. The maximum atomic E-state index is 10.7. The van der Waals surface area contributed by atoms with E-state index in [1.54, 1.807) is 0 Å². The highest BCUT2D eigenvalue weighted by Gasteiger charge is 2.18. The van der Waals surface area contributed by atoms with Crippen LogP contribution in [0.4, 0.5) is 0 Å². The van der Waals surface area contributed by atoms with Crippen molar-refractivity contribution in [1.82, 2.24) is 5.16 Å². The van der Waals surface area contributed by atoms with Crippen molar-refractivity contribution >= 4 is 17.6 Å². The molecule has 0 radical (unpaired) electrons. The summed E-state index contributed by atoms with van der Waals surface area (Å²) >= 11 is 5.82. The Labute approximate surface area is 106 Å². The Bertz CT molecular complexity index is 607. The van der Waals surface area contributed by atoms with Gasteiger partial charge < -0.3 is 19.5 Å². The van der Waals surface area contributed by atoms with Crippen molar-refractivity contribution in [1.29, 1.82) is 0 Å². The molecule has 0 spiro atoms. The number of rotatable bonds is 3. The molecule has 2 N–H and O–H groups in total. The molecule has 1 aromatic heterocycles. The number of halogens is 1. The average molecular weight is 270 g/mol. The van der Waals surface area contributed by atoms with Crippen LogP contribution in [0.3, 0.4) is 0 Å². The Morgan fingerprint density at radius 1 is 1.50 bits per heavy atom. The first-order chi connectivity index (χ1) is 8.54. The molecular formula is C11H8ClNO5. The highest BCUT2D eigenvalue weighted by molar-refractivity contribution is 6.32. The van der Waals surface area contributed by atoms with Crippen LogP contribution in [-0.2, 0) is 0 Å². The summed E-state index contributed by atoms with van der Waals surface area (Å²) in [5.74, 6) is -1.26. The fraction of sp³-hybridized carbons (Fsp3) is 0.0909. The Balaban J connectivity index is 2.53. The van der Waals surface area contributed by atoms with E-state index in [1.807, 2.05) is 0 Å². The van der Waals surface area contributed by atoms with Crippen LogP contribution in [0.25, 0.3) is 11.3 Å². The van der Waals surface area contributed by atoms with E-state index in [0.717, 1.165) is 0 Å². The molecule has 0 fully saturated rings. The molecule has 0 atom stereocenters. The summed E-state index contributed by atoms with van der Waals surface area (Å²) in [5, 5.41) is 22.2. The van der Waals surface area contributed by atoms with Crippen LogP contribution in [0.1, 0.15) is 10.5 Å². The fourth-order valence-electron chi connectivity index (χ4n) is 1.44. The molecular weight excluding hydrogens is 262 g/mol. The zero-order valence-electron chi connectivity index (χ0n) is 9.18. The monoisotopic (exact) mass is 269 g/mol. The Kier molecular flexibility index (Phi) is 3.12. The number of aromatic nitrogens is 1. The SMILES string of the molecule is COc1c(Cl)ccc(-c2cc(C(=O)O)no2)c1O. The minimum absolute atomic E-state index is 0.0856. The first-order valence-electron chi connectivity index (χ1n) is 4.80. The molecule has 0 amide bonds. The molecule has 0 bridgehead atoms. The molecule has 7 heteroatoms. The van der Waals surface area contributed by atoms with Crippen LogP contribution >= 0.6 is 11.6 Å².